The summed E-state index contributed by atoms with van der Waals surface area (Å²) in [6.07, 6.45) is 0.242. The van der Waals surface area contributed by atoms with Crippen LogP contribution in [0.3, 0.4) is 0 Å². The zero-order valence-corrected chi connectivity index (χ0v) is 16.4. The molecule has 2 aromatic rings. The maximum atomic E-state index is 12.0. The van der Waals surface area contributed by atoms with Crippen molar-refractivity contribution in [1.82, 2.24) is 10.9 Å². The van der Waals surface area contributed by atoms with Crippen LogP contribution in [0.5, 0.6) is 5.75 Å². The molecule has 2 aromatic carbocycles. The molecule has 0 bridgehead atoms. The number of halogens is 1. The van der Waals surface area contributed by atoms with Gasteiger partial charge in [-0.25, -0.2) is 8.42 Å². The highest BCUT2D eigenvalue weighted by Crippen LogP contribution is 2.18. The summed E-state index contributed by atoms with van der Waals surface area (Å²) in [6.45, 7) is 1.54. The smallest absolute Gasteiger partial charge is 0.279 e. The number of hydrazine groups is 1. The minimum Gasteiger partial charge on any atom is -0.481 e. The predicted molar refractivity (Wildman–Crippen MR) is 99.4 cm³/mol. The number of rotatable bonds is 5. The maximum Gasteiger partial charge on any atom is 0.279 e. The van der Waals surface area contributed by atoms with Crippen molar-refractivity contribution in [3.05, 3.63) is 58.6 Å². The van der Waals surface area contributed by atoms with E-state index < -0.39 is 27.8 Å². The Morgan fingerprint density at radius 1 is 1.08 bits per heavy atom. The third kappa shape index (κ3) is 5.57. The zero-order chi connectivity index (χ0) is 19.3. The van der Waals surface area contributed by atoms with Gasteiger partial charge in [0.25, 0.3) is 11.8 Å². The minimum absolute atomic E-state index is 0.106. The van der Waals surface area contributed by atoms with Crippen LogP contribution in [0.1, 0.15) is 17.3 Å². The molecule has 0 aliphatic rings. The fourth-order valence-corrected chi connectivity index (χ4v) is 2.95. The van der Waals surface area contributed by atoms with Crippen molar-refractivity contribution in [2.45, 2.75) is 17.9 Å². The lowest BCUT2D eigenvalue weighted by Gasteiger charge is -2.15. The van der Waals surface area contributed by atoms with Gasteiger partial charge < -0.3 is 4.74 Å². The van der Waals surface area contributed by atoms with Gasteiger partial charge in [0.1, 0.15) is 5.75 Å². The maximum absolute atomic E-state index is 12.0. The van der Waals surface area contributed by atoms with E-state index in [4.69, 9.17) is 4.74 Å². The van der Waals surface area contributed by atoms with Crippen molar-refractivity contribution >= 4 is 37.6 Å². The molecule has 0 aliphatic heterocycles. The number of carbonyl (C=O) groups is 2. The molecule has 2 N–H and O–H groups in total. The molecular weight excluding hydrogens is 424 g/mol. The fourth-order valence-electron chi connectivity index (χ4n) is 1.94. The summed E-state index contributed by atoms with van der Waals surface area (Å²) < 4.78 is 29.1. The van der Waals surface area contributed by atoms with Gasteiger partial charge in [0, 0.05) is 16.3 Å². The zero-order valence-electron chi connectivity index (χ0n) is 14.0. The van der Waals surface area contributed by atoms with Crippen LogP contribution in [0.15, 0.2) is 57.9 Å². The first-order valence-corrected chi connectivity index (χ1v) is 10.2. The second kappa shape index (κ2) is 8.33. The van der Waals surface area contributed by atoms with Crippen molar-refractivity contribution in [2.75, 3.05) is 6.26 Å². The van der Waals surface area contributed by atoms with Crippen LogP contribution in [0.4, 0.5) is 0 Å². The lowest BCUT2D eigenvalue weighted by atomic mass is 10.2. The van der Waals surface area contributed by atoms with Crippen LogP contribution in [-0.2, 0) is 14.6 Å². The number of benzene rings is 2. The Balaban J connectivity index is 1.90. The van der Waals surface area contributed by atoms with Gasteiger partial charge in [-0.3, -0.25) is 20.4 Å². The number of ether oxygens (including phenoxy) is 1. The Morgan fingerprint density at radius 3 is 2.31 bits per heavy atom. The van der Waals surface area contributed by atoms with Gasteiger partial charge in [-0.2, -0.15) is 0 Å². The van der Waals surface area contributed by atoms with E-state index in [-0.39, 0.29) is 10.5 Å². The molecule has 0 saturated heterocycles. The largest absolute Gasteiger partial charge is 0.481 e. The summed E-state index contributed by atoms with van der Waals surface area (Å²) in [6, 6.07) is 12.4. The van der Waals surface area contributed by atoms with Crippen molar-refractivity contribution in [2.24, 2.45) is 0 Å². The van der Waals surface area contributed by atoms with Gasteiger partial charge in [-0.1, -0.05) is 22.0 Å². The van der Waals surface area contributed by atoms with Gasteiger partial charge in [0.2, 0.25) is 0 Å². The second-order valence-corrected chi connectivity index (χ2v) is 8.39. The first-order chi connectivity index (χ1) is 12.2. The molecule has 2 amide bonds. The minimum atomic E-state index is -3.34. The Hall–Kier alpha value is -2.39. The molecule has 2 rings (SSSR count). The highest BCUT2D eigenvalue weighted by Gasteiger charge is 2.16. The third-order valence-electron chi connectivity index (χ3n) is 3.32. The summed E-state index contributed by atoms with van der Waals surface area (Å²) in [5.41, 5.74) is 4.73. The lowest BCUT2D eigenvalue weighted by Crippen LogP contribution is -2.47. The van der Waals surface area contributed by atoms with Crippen LogP contribution in [0.25, 0.3) is 0 Å². The van der Waals surface area contributed by atoms with Crippen LogP contribution in [0.2, 0.25) is 0 Å². The molecule has 138 valence electrons. The molecule has 0 spiro atoms. The van der Waals surface area contributed by atoms with Gasteiger partial charge in [0.15, 0.2) is 15.9 Å². The Labute approximate surface area is 159 Å². The van der Waals surface area contributed by atoms with Gasteiger partial charge in [-0.15, -0.1) is 0 Å². The van der Waals surface area contributed by atoms with Crippen molar-refractivity contribution in [3.63, 3.8) is 0 Å². The summed E-state index contributed by atoms with van der Waals surface area (Å²) in [7, 11) is -3.34. The monoisotopic (exact) mass is 440 g/mol. The van der Waals surface area contributed by atoms with E-state index in [0.717, 1.165) is 10.7 Å². The SMILES string of the molecule is CC(Oc1cccc(Br)c1)C(=O)NNC(=O)c1ccc(S(C)(=O)=O)cc1. The number of hydrogen-bond donors (Lipinski definition) is 2. The second-order valence-electron chi connectivity index (χ2n) is 5.46. The highest BCUT2D eigenvalue weighted by atomic mass is 79.9. The highest BCUT2D eigenvalue weighted by molar-refractivity contribution is 9.10. The molecule has 0 heterocycles. The van der Waals surface area contributed by atoms with Crippen LogP contribution < -0.4 is 15.6 Å². The molecule has 0 fully saturated rings. The Morgan fingerprint density at radius 2 is 1.73 bits per heavy atom. The average molecular weight is 441 g/mol. The normalized spacial score (nSPS) is 12.1. The topological polar surface area (TPSA) is 102 Å². The third-order valence-corrected chi connectivity index (χ3v) is 4.94. The molecule has 0 aromatic heterocycles. The summed E-state index contributed by atoms with van der Waals surface area (Å²) >= 11 is 3.31. The molecule has 7 nitrogen and oxygen atoms in total. The van der Waals surface area contributed by atoms with E-state index in [1.165, 1.54) is 24.3 Å². The van der Waals surface area contributed by atoms with E-state index in [0.29, 0.717) is 5.75 Å². The fraction of sp³-hybridized carbons (Fsp3) is 0.176. The van der Waals surface area contributed by atoms with E-state index in [1.54, 1.807) is 25.1 Å². The first-order valence-electron chi connectivity index (χ1n) is 7.49. The number of carbonyl (C=O) groups excluding carboxylic acids is 2. The van der Waals surface area contributed by atoms with Crippen LogP contribution >= 0.6 is 15.9 Å². The molecule has 9 heteroatoms. The number of nitrogens with one attached hydrogen (secondary N) is 2. The summed E-state index contributed by atoms with van der Waals surface area (Å²) in [5.74, 6) is -0.608. The van der Waals surface area contributed by atoms with Gasteiger partial charge in [0.05, 0.1) is 4.90 Å². The standard InChI is InChI=1S/C17H17BrN2O5S/c1-11(25-14-5-3-4-13(18)10-14)16(21)19-20-17(22)12-6-8-15(9-7-12)26(2,23)24/h3-11H,1-2H3,(H,19,21)(H,20,22). The van der Waals surface area contributed by atoms with Crippen LogP contribution in [0, 0.1) is 0 Å². The van der Waals surface area contributed by atoms with Gasteiger partial charge in [-0.05, 0) is 49.4 Å². The predicted octanol–water partition coefficient (Wildman–Crippen LogP) is 2.08. The lowest BCUT2D eigenvalue weighted by molar-refractivity contribution is -0.128. The quantitative estimate of drug-likeness (QED) is 0.692. The van der Waals surface area contributed by atoms with E-state index in [9.17, 15) is 18.0 Å². The van der Waals surface area contributed by atoms with E-state index in [2.05, 4.69) is 26.8 Å². The van der Waals surface area contributed by atoms with Crippen molar-refractivity contribution in [1.29, 1.82) is 0 Å². The van der Waals surface area contributed by atoms with Crippen molar-refractivity contribution in [3.8, 4) is 5.75 Å². The van der Waals surface area contributed by atoms with Crippen LogP contribution in [-0.4, -0.2) is 32.6 Å². The van der Waals surface area contributed by atoms with Gasteiger partial charge >= 0.3 is 0 Å². The Kier molecular flexibility index (Phi) is 6.38. The molecule has 0 aliphatic carbocycles. The molecule has 26 heavy (non-hydrogen) atoms. The number of hydrogen-bond acceptors (Lipinski definition) is 5. The van der Waals surface area contributed by atoms with E-state index >= 15 is 0 Å². The van der Waals surface area contributed by atoms with Crippen molar-refractivity contribution < 1.29 is 22.7 Å². The van der Waals surface area contributed by atoms with E-state index in [1.807, 2.05) is 6.07 Å². The average Bonchev–Trinajstić information content (AvgIpc) is 2.58. The molecular formula is C17H17BrN2O5S. The molecule has 1 unspecified atom stereocenters. The number of sulfone groups is 1. The number of amides is 2. The Bertz CT molecular complexity index is 913. The first kappa shape index (κ1) is 19.9. The summed E-state index contributed by atoms with van der Waals surface area (Å²) in [4.78, 5) is 24.1. The molecule has 0 saturated carbocycles. The molecule has 1 atom stereocenters. The summed E-state index contributed by atoms with van der Waals surface area (Å²) in [5, 5.41) is 0. The molecule has 0 radical (unpaired) electrons.